The van der Waals surface area contributed by atoms with Crippen LogP contribution < -0.4 is 5.73 Å². The molecular weight excluding hydrogens is 248 g/mol. The first-order valence-corrected chi connectivity index (χ1v) is 6.31. The minimum atomic E-state index is -1.12. The van der Waals surface area contributed by atoms with Gasteiger partial charge in [0.25, 0.3) is 0 Å². The van der Waals surface area contributed by atoms with Crippen LogP contribution in [0.1, 0.15) is 35.6 Å². The summed E-state index contributed by atoms with van der Waals surface area (Å²) in [7, 11) is 0. The number of carboxylic acid groups (broad SMARTS) is 1. The zero-order chi connectivity index (χ0) is 13.8. The van der Waals surface area contributed by atoms with Crippen molar-refractivity contribution in [1.29, 1.82) is 0 Å². The number of hydrogen-bond acceptors (Lipinski definition) is 6. The second kappa shape index (κ2) is 5.94. The third kappa shape index (κ3) is 3.18. The smallest absolute Gasteiger partial charge is 0.341 e. The van der Waals surface area contributed by atoms with Crippen LogP contribution in [0.3, 0.4) is 0 Å². The average molecular weight is 266 g/mol. The highest BCUT2D eigenvalue weighted by Crippen LogP contribution is 2.20. The summed E-state index contributed by atoms with van der Waals surface area (Å²) in [6, 6.07) is 0. The van der Waals surface area contributed by atoms with Gasteiger partial charge in [0, 0.05) is 19.3 Å². The van der Waals surface area contributed by atoms with Gasteiger partial charge in [0.1, 0.15) is 17.5 Å². The monoisotopic (exact) mass is 266 g/mol. The molecule has 1 aromatic heterocycles. The first-order chi connectivity index (χ1) is 9.11. The lowest BCUT2D eigenvalue weighted by molar-refractivity contribution is -0.0341. The minimum absolute atomic E-state index is 0.0197. The van der Waals surface area contributed by atoms with Crippen molar-refractivity contribution in [2.24, 2.45) is 0 Å². The van der Waals surface area contributed by atoms with Crippen molar-refractivity contribution in [3.63, 3.8) is 0 Å². The molecule has 104 valence electrons. The quantitative estimate of drug-likeness (QED) is 0.820. The maximum absolute atomic E-state index is 10.8. The molecule has 2 heterocycles. The predicted octanol–water partition coefficient (Wildman–Crippen LogP) is 0.540. The van der Waals surface area contributed by atoms with Crippen molar-refractivity contribution < 1.29 is 14.6 Å². The van der Waals surface area contributed by atoms with Crippen LogP contribution >= 0.6 is 0 Å². The molecule has 0 radical (unpaired) electrons. The van der Waals surface area contributed by atoms with Crippen molar-refractivity contribution >= 4 is 11.8 Å². The van der Waals surface area contributed by atoms with Crippen LogP contribution in [0.15, 0.2) is 6.20 Å². The highest BCUT2D eigenvalue weighted by atomic mass is 16.5. The number of carbonyl (C=O) groups is 1. The van der Waals surface area contributed by atoms with Crippen molar-refractivity contribution in [3.8, 4) is 0 Å². The highest BCUT2D eigenvalue weighted by Gasteiger charge is 2.24. The second-order valence-corrected chi connectivity index (χ2v) is 4.49. The van der Waals surface area contributed by atoms with Gasteiger partial charge >= 0.3 is 5.97 Å². The summed E-state index contributed by atoms with van der Waals surface area (Å²) in [4.78, 5) is 21.2. The van der Waals surface area contributed by atoms with Crippen molar-refractivity contribution in [2.75, 3.05) is 32.0 Å². The lowest BCUT2D eigenvalue weighted by atomic mass is 10.2. The fourth-order valence-electron chi connectivity index (χ4n) is 2.11. The molecule has 0 aromatic carbocycles. The van der Waals surface area contributed by atoms with Gasteiger partial charge in [-0.1, -0.05) is 6.92 Å². The number of nitrogen functional groups attached to an aromatic ring is 1. The number of nitrogens with zero attached hydrogens (tertiary/aromatic N) is 3. The largest absolute Gasteiger partial charge is 0.477 e. The summed E-state index contributed by atoms with van der Waals surface area (Å²) in [5, 5.41) is 8.88. The van der Waals surface area contributed by atoms with Gasteiger partial charge in [0.2, 0.25) is 0 Å². The lowest BCUT2D eigenvalue weighted by Crippen LogP contribution is -2.39. The summed E-state index contributed by atoms with van der Waals surface area (Å²) >= 11 is 0. The maximum Gasteiger partial charge on any atom is 0.341 e. The average Bonchev–Trinajstić information content (AvgIpc) is 2.39. The Hall–Kier alpha value is -1.73. The molecule has 1 fully saturated rings. The van der Waals surface area contributed by atoms with Gasteiger partial charge in [-0.25, -0.2) is 14.8 Å². The molecular formula is C12H18N4O3. The lowest BCUT2D eigenvalue weighted by Gasteiger charge is -2.31. The molecule has 7 nitrogen and oxygen atoms in total. The summed E-state index contributed by atoms with van der Waals surface area (Å²) in [6.45, 7) is 5.35. The molecule has 7 heteroatoms. The molecule has 1 unspecified atom stereocenters. The van der Waals surface area contributed by atoms with E-state index in [0.717, 1.165) is 19.5 Å². The standard InChI is InChI=1S/C12H18N4O3/c1-2-3-16-4-5-19-9(7-16)11-14-6-8(12(17)18)10(13)15-11/h6,9H,2-5,7H2,1H3,(H,17,18)(H2,13,14,15). The molecule has 1 saturated heterocycles. The minimum Gasteiger partial charge on any atom is -0.477 e. The highest BCUT2D eigenvalue weighted by molar-refractivity contribution is 5.92. The van der Waals surface area contributed by atoms with Gasteiger partial charge in [-0.15, -0.1) is 0 Å². The van der Waals surface area contributed by atoms with Crippen LogP contribution in [0.2, 0.25) is 0 Å². The zero-order valence-corrected chi connectivity index (χ0v) is 10.9. The van der Waals surface area contributed by atoms with Crippen LogP contribution in [0.25, 0.3) is 0 Å². The first-order valence-electron chi connectivity index (χ1n) is 6.31. The van der Waals surface area contributed by atoms with Gasteiger partial charge < -0.3 is 15.6 Å². The Labute approximate surface area is 111 Å². The van der Waals surface area contributed by atoms with Crippen LogP contribution in [0.5, 0.6) is 0 Å². The van der Waals surface area contributed by atoms with Gasteiger partial charge in [-0.2, -0.15) is 0 Å². The number of aromatic nitrogens is 2. The van der Waals surface area contributed by atoms with Crippen LogP contribution in [-0.2, 0) is 4.74 Å². The van der Waals surface area contributed by atoms with E-state index in [-0.39, 0.29) is 17.5 Å². The summed E-state index contributed by atoms with van der Waals surface area (Å²) < 4.78 is 5.63. The number of aromatic carboxylic acids is 1. The zero-order valence-electron chi connectivity index (χ0n) is 10.9. The van der Waals surface area contributed by atoms with Crippen LogP contribution in [0.4, 0.5) is 5.82 Å². The van der Waals surface area contributed by atoms with Crippen molar-refractivity contribution in [3.05, 3.63) is 17.6 Å². The van der Waals surface area contributed by atoms with Gasteiger partial charge in [-0.05, 0) is 13.0 Å². The van der Waals surface area contributed by atoms with Crippen LogP contribution in [-0.4, -0.2) is 52.2 Å². The van der Waals surface area contributed by atoms with Crippen molar-refractivity contribution in [1.82, 2.24) is 14.9 Å². The Morgan fingerprint density at radius 1 is 1.68 bits per heavy atom. The van der Waals surface area contributed by atoms with E-state index in [1.165, 1.54) is 6.20 Å². The fourth-order valence-corrected chi connectivity index (χ4v) is 2.11. The summed E-state index contributed by atoms with van der Waals surface area (Å²) in [5.41, 5.74) is 5.54. The summed E-state index contributed by atoms with van der Waals surface area (Å²) in [6.07, 6.45) is 2.07. The Bertz CT molecular complexity index is 464. The van der Waals surface area contributed by atoms with E-state index in [0.29, 0.717) is 19.0 Å². The summed E-state index contributed by atoms with van der Waals surface area (Å²) in [5.74, 6) is -0.696. The normalized spacial score (nSPS) is 20.4. The number of ether oxygens (including phenoxy) is 1. The SMILES string of the molecule is CCCN1CCOC(c2ncc(C(=O)O)c(N)n2)C1. The Morgan fingerprint density at radius 3 is 3.11 bits per heavy atom. The molecule has 1 aromatic rings. The topological polar surface area (TPSA) is 102 Å². The number of nitrogens with two attached hydrogens (primary N) is 1. The Balaban J connectivity index is 2.13. The van der Waals surface area contributed by atoms with E-state index in [4.69, 9.17) is 15.6 Å². The number of rotatable bonds is 4. The van der Waals surface area contributed by atoms with E-state index >= 15 is 0 Å². The fraction of sp³-hybridized carbons (Fsp3) is 0.583. The van der Waals surface area contributed by atoms with E-state index < -0.39 is 5.97 Å². The Kier molecular flexibility index (Phi) is 4.28. The molecule has 0 amide bonds. The number of hydrogen-bond donors (Lipinski definition) is 2. The third-order valence-electron chi connectivity index (χ3n) is 3.05. The van der Waals surface area contributed by atoms with E-state index in [9.17, 15) is 4.79 Å². The second-order valence-electron chi connectivity index (χ2n) is 4.49. The maximum atomic E-state index is 10.8. The van der Waals surface area contributed by atoms with Crippen molar-refractivity contribution in [2.45, 2.75) is 19.4 Å². The predicted molar refractivity (Wildman–Crippen MR) is 68.8 cm³/mol. The molecule has 0 bridgehead atoms. The van der Waals surface area contributed by atoms with Gasteiger partial charge in [0.15, 0.2) is 5.82 Å². The number of anilines is 1. The Morgan fingerprint density at radius 2 is 2.47 bits per heavy atom. The molecule has 3 N–H and O–H groups in total. The molecule has 0 spiro atoms. The van der Waals surface area contributed by atoms with Crippen LogP contribution in [0, 0.1) is 0 Å². The molecule has 1 aliphatic heterocycles. The van der Waals surface area contributed by atoms with Gasteiger partial charge in [-0.3, -0.25) is 4.90 Å². The molecule has 1 aliphatic rings. The van der Waals surface area contributed by atoms with E-state index in [2.05, 4.69) is 21.8 Å². The van der Waals surface area contributed by atoms with E-state index in [1.807, 2.05) is 0 Å². The first kappa shape index (κ1) is 13.7. The molecule has 0 aliphatic carbocycles. The number of carboxylic acids is 1. The molecule has 19 heavy (non-hydrogen) atoms. The third-order valence-corrected chi connectivity index (χ3v) is 3.05. The number of morpholine rings is 1. The molecule has 1 atom stereocenters. The van der Waals surface area contributed by atoms with E-state index in [1.54, 1.807) is 0 Å². The molecule has 0 saturated carbocycles. The molecule has 2 rings (SSSR count). The van der Waals surface area contributed by atoms with Gasteiger partial charge in [0.05, 0.1) is 6.61 Å².